The molecule has 0 fully saturated rings. The molecule has 0 radical (unpaired) electrons. The zero-order valence-electron chi connectivity index (χ0n) is 22.4. The molecule has 0 bridgehead atoms. The average molecular weight is 681 g/mol. The molecule has 5 rings (SSSR count). The van der Waals surface area contributed by atoms with Crippen molar-refractivity contribution in [3.8, 4) is 11.5 Å². The van der Waals surface area contributed by atoms with Crippen LogP contribution in [0.5, 0.6) is 11.5 Å². The molecule has 1 atom stereocenters. The van der Waals surface area contributed by atoms with E-state index in [0.717, 1.165) is 9.13 Å². The van der Waals surface area contributed by atoms with Gasteiger partial charge >= 0.3 is 11.9 Å². The van der Waals surface area contributed by atoms with Crippen molar-refractivity contribution in [3.05, 3.63) is 124 Å². The van der Waals surface area contributed by atoms with Crippen molar-refractivity contribution in [1.29, 1.82) is 0 Å². The first kappa shape index (κ1) is 28.5. The predicted molar refractivity (Wildman–Crippen MR) is 164 cm³/mol. The maximum atomic E-state index is 13.8. The Morgan fingerprint density at radius 1 is 1.02 bits per heavy atom. The topological polar surface area (TPSA) is 96.2 Å². The van der Waals surface area contributed by atoms with Crippen LogP contribution in [-0.4, -0.2) is 30.2 Å². The summed E-state index contributed by atoms with van der Waals surface area (Å²) in [4.78, 5) is 44.6. The number of rotatable bonds is 7. The predicted octanol–water partition coefficient (Wildman–Crippen LogP) is 4.63. The first-order chi connectivity index (χ1) is 19.8. The molecule has 2 heterocycles. The highest BCUT2D eigenvalue weighted by Gasteiger charge is 2.33. The Morgan fingerprint density at radius 2 is 1.76 bits per heavy atom. The summed E-state index contributed by atoms with van der Waals surface area (Å²) in [6, 6.07) is 20.9. The molecule has 10 heteroatoms. The monoisotopic (exact) mass is 680 g/mol. The Balaban J connectivity index is 1.55. The SMILES string of the molecule is CCOC(=O)C1=C(C)N=c2s/c(=C/c3ccc(OC(=O)c4ccccc4I)c(OC)c3)c(=O)n2C1c1ccccc1. The van der Waals surface area contributed by atoms with Gasteiger partial charge < -0.3 is 14.2 Å². The Bertz CT molecular complexity index is 1860. The van der Waals surface area contributed by atoms with E-state index >= 15 is 0 Å². The smallest absolute Gasteiger partial charge is 0.344 e. The van der Waals surface area contributed by atoms with Crippen LogP contribution in [0.1, 0.15) is 41.4 Å². The maximum absolute atomic E-state index is 13.8. The van der Waals surface area contributed by atoms with E-state index < -0.39 is 18.0 Å². The molecular formula is C31H25IN2O6S. The second-order valence-electron chi connectivity index (χ2n) is 8.99. The molecule has 3 aromatic carbocycles. The van der Waals surface area contributed by atoms with Crippen molar-refractivity contribution in [2.75, 3.05) is 13.7 Å². The molecule has 0 aliphatic carbocycles. The highest BCUT2D eigenvalue weighted by Crippen LogP contribution is 2.31. The van der Waals surface area contributed by atoms with Crippen molar-refractivity contribution in [3.63, 3.8) is 0 Å². The van der Waals surface area contributed by atoms with Gasteiger partial charge in [-0.05, 0) is 77.9 Å². The first-order valence-electron chi connectivity index (χ1n) is 12.7. The first-order valence-corrected chi connectivity index (χ1v) is 14.6. The fraction of sp³-hybridized carbons (Fsp3) is 0.161. The number of carbonyl (C=O) groups is 2. The van der Waals surface area contributed by atoms with Gasteiger partial charge in [0.1, 0.15) is 0 Å². The lowest BCUT2D eigenvalue weighted by Crippen LogP contribution is -2.39. The lowest BCUT2D eigenvalue weighted by molar-refractivity contribution is -0.139. The third kappa shape index (κ3) is 5.75. The van der Waals surface area contributed by atoms with Crippen molar-refractivity contribution in [2.24, 2.45) is 4.99 Å². The van der Waals surface area contributed by atoms with Crippen LogP contribution < -0.4 is 24.4 Å². The van der Waals surface area contributed by atoms with Crippen LogP contribution in [0, 0.1) is 3.57 Å². The van der Waals surface area contributed by atoms with E-state index in [9.17, 15) is 14.4 Å². The fourth-order valence-corrected chi connectivity index (χ4v) is 6.19. The molecule has 0 saturated carbocycles. The summed E-state index contributed by atoms with van der Waals surface area (Å²) in [6.45, 7) is 3.70. The van der Waals surface area contributed by atoms with Crippen LogP contribution in [-0.2, 0) is 9.53 Å². The number of nitrogens with zero attached hydrogens (tertiary/aromatic N) is 2. The van der Waals surface area contributed by atoms with E-state index in [1.165, 1.54) is 18.4 Å². The molecule has 8 nitrogen and oxygen atoms in total. The highest BCUT2D eigenvalue weighted by atomic mass is 127. The van der Waals surface area contributed by atoms with E-state index in [1.54, 1.807) is 54.8 Å². The second kappa shape index (κ2) is 12.2. The van der Waals surface area contributed by atoms with E-state index in [2.05, 4.69) is 27.6 Å². The Kier molecular flexibility index (Phi) is 8.50. The molecule has 0 N–H and O–H groups in total. The van der Waals surface area contributed by atoms with Crippen LogP contribution in [0.25, 0.3) is 6.08 Å². The molecule has 41 heavy (non-hydrogen) atoms. The number of aromatic nitrogens is 1. The number of esters is 2. The summed E-state index contributed by atoms with van der Waals surface area (Å²) in [7, 11) is 1.48. The van der Waals surface area contributed by atoms with E-state index in [4.69, 9.17) is 14.2 Å². The number of benzene rings is 3. The molecule has 1 aromatic heterocycles. The van der Waals surface area contributed by atoms with E-state index in [1.807, 2.05) is 42.5 Å². The lowest BCUT2D eigenvalue weighted by atomic mass is 9.96. The summed E-state index contributed by atoms with van der Waals surface area (Å²) in [5.41, 5.74) is 2.44. The van der Waals surface area contributed by atoms with Crippen LogP contribution >= 0.6 is 33.9 Å². The zero-order valence-corrected chi connectivity index (χ0v) is 25.4. The Labute approximate surface area is 253 Å². The third-order valence-corrected chi connectivity index (χ3v) is 8.34. The molecule has 0 spiro atoms. The number of halogens is 1. The maximum Gasteiger partial charge on any atom is 0.344 e. The van der Waals surface area contributed by atoms with Crippen LogP contribution in [0.4, 0.5) is 0 Å². The van der Waals surface area contributed by atoms with Gasteiger partial charge in [-0.15, -0.1) is 0 Å². The Hall–Kier alpha value is -4.03. The number of ether oxygens (including phenoxy) is 3. The normalized spacial score (nSPS) is 14.7. The van der Waals surface area contributed by atoms with Gasteiger partial charge in [0.25, 0.3) is 5.56 Å². The number of thiazole rings is 1. The zero-order chi connectivity index (χ0) is 29.1. The van der Waals surface area contributed by atoms with Crippen molar-refractivity contribution in [2.45, 2.75) is 19.9 Å². The molecule has 0 saturated heterocycles. The number of fused-ring (bicyclic) bond motifs is 1. The molecule has 1 aliphatic heterocycles. The van der Waals surface area contributed by atoms with Gasteiger partial charge in [-0.2, -0.15) is 0 Å². The van der Waals surface area contributed by atoms with Gasteiger partial charge in [-0.25, -0.2) is 14.6 Å². The summed E-state index contributed by atoms with van der Waals surface area (Å²) in [5.74, 6) is -0.400. The average Bonchev–Trinajstić information content (AvgIpc) is 3.27. The number of hydrogen-bond acceptors (Lipinski definition) is 8. The largest absolute Gasteiger partial charge is 0.493 e. The number of methoxy groups -OCH3 is 1. The molecule has 1 unspecified atom stereocenters. The van der Waals surface area contributed by atoms with E-state index in [0.29, 0.717) is 37.5 Å². The van der Waals surface area contributed by atoms with Crippen LogP contribution in [0.15, 0.2) is 93.9 Å². The molecular weight excluding hydrogens is 655 g/mol. The van der Waals surface area contributed by atoms with Gasteiger partial charge in [0.2, 0.25) is 0 Å². The number of carbonyl (C=O) groups excluding carboxylic acids is 2. The fourth-order valence-electron chi connectivity index (χ4n) is 4.53. The highest BCUT2D eigenvalue weighted by molar-refractivity contribution is 14.1. The van der Waals surface area contributed by atoms with Crippen LogP contribution in [0.2, 0.25) is 0 Å². The summed E-state index contributed by atoms with van der Waals surface area (Å²) in [5, 5.41) is 0. The summed E-state index contributed by atoms with van der Waals surface area (Å²) in [6.07, 6.45) is 1.73. The van der Waals surface area contributed by atoms with Gasteiger partial charge in [0.05, 0.1) is 41.1 Å². The van der Waals surface area contributed by atoms with Gasteiger partial charge in [-0.3, -0.25) is 9.36 Å². The quantitative estimate of drug-likeness (QED) is 0.161. The third-order valence-electron chi connectivity index (χ3n) is 6.41. The van der Waals surface area contributed by atoms with Crippen molar-refractivity contribution >= 4 is 51.9 Å². The number of hydrogen-bond donors (Lipinski definition) is 0. The van der Waals surface area contributed by atoms with E-state index in [-0.39, 0.29) is 17.9 Å². The standard InChI is InChI=1S/C31H25IN2O6S/c1-4-39-30(37)26-18(2)33-31-34(27(26)20-10-6-5-7-11-20)28(35)25(41-31)17-19-14-15-23(24(16-19)38-3)40-29(36)21-12-8-9-13-22(21)32/h5-17,27H,4H2,1-3H3/b25-17+. The molecule has 208 valence electrons. The minimum atomic E-state index is -0.675. The van der Waals surface area contributed by atoms with Crippen LogP contribution in [0.3, 0.4) is 0 Å². The molecule has 0 amide bonds. The molecule has 1 aliphatic rings. The molecule has 4 aromatic rings. The van der Waals surface area contributed by atoms with Crippen molar-refractivity contribution < 1.29 is 23.8 Å². The van der Waals surface area contributed by atoms with Gasteiger partial charge in [0, 0.05) is 3.57 Å². The lowest BCUT2D eigenvalue weighted by Gasteiger charge is -2.24. The van der Waals surface area contributed by atoms with Gasteiger partial charge in [0.15, 0.2) is 16.3 Å². The second-order valence-corrected chi connectivity index (χ2v) is 11.2. The Morgan fingerprint density at radius 3 is 2.46 bits per heavy atom. The number of allylic oxidation sites excluding steroid dienone is 1. The summed E-state index contributed by atoms with van der Waals surface area (Å²) < 4.78 is 19.2. The summed E-state index contributed by atoms with van der Waals surface area (Å²) >= 11 is 3.31. The minimum absolute atomic E-state index is 0.208. The minimum Gasteiger partial charge on any atom is -0.493 e. The van der Waals surface area contributed by atoms with Crippen molar-refractivity contribution in [1.82, 2.24) is 4.57 Å². The van der Waals surface area contributed by atoms with Gasteiger partial charge in [-0.1, -0.05) is 59.9 Å².